The second-order valence-electron chi connectivity index (χ2n) is 7.50. The maximum Gasteiger partial charge on any atom is 0.262 e. The molecule has 0 atom stereocenters. The van der Waals surface area contributed by atoms with E-state index in [2.05, 4.69) is 5.32 Å². The molecule has 4 rings (SSSR count). The highest BCUT2D eigenvalue weighted by atomic mass is 16.6. The van der Waals surface area contributed by atoms with Gasteiger partial charge in [-0.3, -0.25) is 9.59 Å². The van der Waals surface area contributed by atoms with E-state index in [9.17, 15) is 9.59 Å². The minimum absolute atomic E-state index is 0.172. The predicted molar refractivity (Wildman–Crippen MR) is 131 cm³/mol. The molecular weight excluding hydrogens is 450 g/mol. The second-order valence-corrected chi connectivity index (χ2v) is 7.50. The number of methoxy groups -OCH3 is 2. The smallest absolute Gasteiger partial charge is 0.262 e. The van der Waals surface area contributed by atoms with Gasteiger partial charge in [-0.15, -0.1) is 0 Å². The Morgan fingerprint density at radius 2 is 1.66 bits per heavy atom. The average Bonchev–Trinajstić information content (AvgIpc) is 2.90. The lowest BCUT2D eigenvalue weighted by atomic mass is 10.1. The standard InChI is InChI=1S/C27H25NO7/c1-31-22-6-4-3-5-20(22)28-27(30)17-35-23-11-8-18(15-25(23)32-2)7-10-21(29)19-9-12-24-26(16-19)34-14-13-33-24/h3-12,15-16H,13-14,17H2,1-2H3,(H,28,30)/b10-7+. The van der Waals surface area contributed by atoms with Crippen LogP contribution in [0.25, 0.3) is 6.08 Å². The summed E-state index contributed by atoms with van der Waals surface area (Å²) in [5.74, 6) is 2.07. The monoisotopic (exact) mass is 475 g/mol. The van der Waals surface area contributed by atoms with Gasteiger partial charge < -0.3 is 29.0 Å². The molecule has 3 aromatic carbocycles. The number of ketones is 1. The number of carbonyl (C=O) groups is 2. The van der Waals surface area contributed by atoms with Gasteiger partial charge >= 0.3 is 0 Å². The molecule has 1 aliphatic rings. The summed E-state index contributed by atoms with van der Waals surface area (Å²) in [4.78, 5) is 24.9. The Morgan fingerprint density at radius 1 is 0.886 bits per heavy atom. The van der Waals surface area contributed by atoms with Crippen LogP contribution in [0.3, 0.4) is 0 Å². The van der Waals surface area contributed by atoms with Gasteiger partial charge in [0.1, 0.15) is 19.0 Å². The molecule has 0 saturated carbocycles. The van der Waals surface area contributed by atoms with Crippen LogP contribution in [0.15, 0.2) is 66.7 Å². The van der Waals surface area contributed by atoms with E-state index >= 15 is 0 Å². The van der Waals surface area contributed by atoms with E-state index in [4.69, 9.17) is 23.7 Å². The van der Waals surface area contributed by atoms with Gasteiger partial charge in [0.15, 0.2) is 35.4 Å². The van der Waals surface area contributed by atoms with Crippen molar-refractivity contribution in [2.24, 2.45) is 0 Å². The lowest BCUT2D eigenvalue weighted by Crippen LogP contribution is -2.20. The predicted octanol–water partition coefficient (Wildman–Crippen LogP) is 4.39. The fourth-order valence-corrected chi connectivity index (χ4v) is 3.45. The number of hydrogen-bond acceptors (Lipinski definition) is 7. The Kier molecular flexibility index (Phi) is 7.52. The van der Waals surface area contributed by atoms with Gasteiger partial charge in [0.05, 0.1) is 19.9 Å². The van der Waals surface area contributed by atoms with Gasteiger partial charge in [-0.2, -0.15) is 0 Å². The number of amides is 1. The van der Waals surface area contributed by atoms with E-state index in [1.54, 1.807) is 60.7 Å². The van der Waals surface area contributed by atoms with Gasteiger partial charge in [0.25, 0.3) is 5.91 Å². The zero-order valence-electron chi connectivity index (χ0n) is 19.4. The van der Waals surface area contributed by atoms with Crippen LogP contribution in [-0.4, -0.2) is 45.7 Å². The molecule has 180 valence electrons. The molecule has 3 aromatic rings. The number of fused-ring (bicyclic) bond motifs is 1. The number of ether oxygens (including phenoxy) is 5. The third-order valence-electron chi connectivity index (χ3n) is 5.18. The van der Waals surface area contributed by atoms with Crippen LogP contribution in [0.2, 0.25) is 0 Å². The van der Waals surface area contributed by atoms with Gasteiger partial charge in [0, 0.05) is 5.56 Å². The van der Waals surface area contributed by atoms with Gasteiger partial charge in [-0.25, -0.2) is 0 Å². The number of benzene rings is 3. The Hall–Kier alpha value is -4.46. The van der Waals surface area contributed by atoms with E-state index in [0.29, 0.717) is 53.2 Å². The van der Waals surface area contributed by atoms with Crippen LogP contribution in [0.5, 0.6) is 28.7 Å². The zero-order chi connectivity index (χ0) is 24.6. The van der Waals surface area contributed by atoms with Crippen LogP contribution in [-0.2, 0) is 4.79 Å². The molecule has 0 aromatic heterocycles. The molecule has 8 heteroatoms. The van der Waals surface area contributed by atoms with Crippen LogP contribution < -0.4 is 29.0 Å². The summed E-state index contributed by atoms with van der Waals surface area (Å²) in [6.45, 7) is 0.733. The van der Waals surface area contributed by atoms with Gasteiger partial charge in [-0.05, 0) is 54.1 Å². The lowest BCUT2D eigenvalue weighted by Gasteiger charge is -2.18. The molecule has 1 heterocycles. The molecule has 0 saturated heterocycles. The summed E-state index contributed by atoms with van der Waals surface area (Å²) >= 11 is 0. The summed E-state index contributed by atoms with van der Waals surface area (Å²) in [5, 5.41) is 2.75. The topological polar surface area (TPSA) is 92.3 Å². The Balaban J connectivity index is 1.38. The van der Waals surface area contributed by atoms with Crippen molar-refractivity contribution >= 4 is 23.5 Å². The third kappa shape index (κ3) is 5.92. The van der Waals surface area contributed by atoms with E-state index in [1.807, 2.05) is 6.07 Å². The molecule has 0 aliphatic carbocycles. The number of para-hydroxylation sites is 2. The van der Waals surface area contributed by atoms with E-state index in [1.165, 1.54) is 20.3 Å². The minimum Gasteiger partial charge on any atom is -0.495 e. The van der Waals surface area contributed by atoms with E-state index in [0.717, 1.165) is 5.56 Å². The van der Waals surface area contributed by atoms with Gasteiger partial charge in [0.2, 0.25) is 0 Å². The van der Waals surface area contributed by atoms with Crippen molar-refractivity contribution in [3.05, 3.63) is 77.9 Å². The second kappa shape index (κ2) is 11.1. The normalized spacial score (nSPS) is 12.2. The van der Waals surface area contributed by atoms with E-state index in [-0.39, 0.29) is 18.3 Å². The summed E-state index contributed by atoms with van der Waals surface area (Å²) < 4.78 is 27.3. The quantitative estimate of drug-likeness (QED) is 0.363. The third-order valence-corrected chi connectivity index (χ3v) is 5.18. The summed E-state index contributed by atoms with van der Waals surface area (Å²) in [7, 11) is 3.04. The maximum atomic E-state index is 12.6. The first-order chi connectivity index (χ1) is 17.1. The van der Waals surface area contributed by atoms with Crippen molar-refractivity contribution in [2.45, 2.75) is 0 Å². The molecular formula is C27H25NO7. The molecule has 0 bridgehead atoms. The Labute approximate surface area is 203 Å². The SMILES string of the molecule is COc1ccccc1NC(=O)COc1ccc(/C=C/C(=O)c2ccc3c(c2)OCCO3)cc1OC. The van der Waals surface area contributed by atoms with Crippen LogP contribution >= 0.6 is 0 Å². The lowest BCUT2D eigenvalue weighted by molar-refractivity contribution is -0.118. The molecule has 0 radical (unpaired) electrons. The van der Waals surface area contributed by atoms with Gasteiger partial charge in [-0.1, -0.05) is 24.3 Å². The number of nitrogens with one attached hydrogen (secondary N) is 1. The molecule has 1 N–H and O–H groups in total. The molecule has 8 nitrogen and oxygen atoms in total. The molecule has 0 unspecified atom stereocenters. The summed E-state index contributed by atoms with van der Waals surface area (Å²) in [6, 6.07) is 17.4. The summed E-state index contributed by atoms with van der Waals surface area (Å²) in [5.41, 5.74) is 1.79. The Bertz CT molecular complexity index is 1250. The van der Waals surface area contributed by atoms with Crippen molar-refractivity contribution < 1.29 is 33.3 Å². The van der Waals surface area contributed by atoms with Crippen molar-refractivity contribution in [1.82, 2.24) is 0 Å². The molecule has 1 aliphatic heterocycles. The van der Waals surface area contributed by atoms with Crippen molar-refractivity contribution in [3.8, 4) is 28.7 Å². The molecule has 0 fully saturated rings. The number of rotatable bonds is 9. The highest BCUT2D eigenvalue weighted by Crippen LogP contribution is 2.32. The fraction of sp³-hybridized carbons (Fsp3) is 0.185. The van der Waals surface area contributed by atoms with Crippen LogP contribution in [0.4, 0.5) is 5.69 Å². The first-order valence-corrected chi connectivity index (χ1v) is 10.9. The average molecular weight is 475 g/mol. The zero-order valence-corrected chi connectivity index (χ0v) is 19.4. The van der Waals surface area contributed by atoms with Crippen LogP contribution in [0.1, 0.15) is 15.9 Å². The summed E-state index contributed by atoms with van der Waals surface area (Å²) in [6.07, 6.45) is 3.15. The first kappa shape index (κ1) is 23.7. The number of carbonyl (C=O) groups excluding carboxylic acids is 2. The largest absolute Gasteiger partial charge is 0.495 e. The number of allylic oxidation sites excluding steroid dienone is 1. The number of anilines is 1. The number of hydrogen-bond donors (Lipinski definition) is 1. The maximum absolute atomic E-state index is 12.6. The first-order valence-electron chi connectivity index (χ1n) is 10.9. The molecule has 1 amide bonds. The van der Waals surface area contributed by atoms with Crippen LogP contribution in [0, 0.1) is 0 Å². The van der Waals surface area contributed by atoms with Crippen molar-refractivity contribution in [3.63, 3.8) is 0 Å². The van der Waals surface area contributed by atoms with Crippen molar-refractivity contribution in [2.75, 3.05) is 39.4 Å². The highest BCUT2D eigenvalue weighted by Gasteiger charge is 2.14. The molecule has 35 heavy (non-hydrogen) atoms. The van der Waals surface area contributed by atoms with E-state index < -0.39 is 0 Å². The fourth-order valence-electron chi connectivity index (χ4n) is 3.45. The molecule has 0 spiro atoms. The van der Waals surface area contributed by atoms with Crippen molar-refractivity contribution in [1.29, 1.82) is 0 Å². The minimum atomic E-state index is -0.342. The Morgan fingerprint density at radius 3 is 2.46 bits per heavy atom. The highest BCUT2D eigenvalue weighted by molar-refractivity contribution is 6.07.